The molecule has 1 aliphatic rings. The summed E-state index contributed by atoms with van der Waals surface area (Å²) in [5.74, 6) is 0.0619. The Hall–Kier alpha value is -3.43. The van der Waals surface area contributed by atoms with E-state index in [2.05, 4.69) is 39.9 Å². The van der Waals surface area contributed by atoms with Crippen molar-refractivity contribution in [3.8, 4) is 6.07 Å². The van der Waals surface area contributed by atoms with Crippen LogP contribution in [0.15, 0.2) is 61.1 Å². The number of nitrogens with one attached hydrogen (secondary N) is 1. The fourth-order valence-electron chi connectivity index (χ4n) is 4.04. The predicted octanol–water partition coefficient (Wildman–Crippen LogP) is 1.89. The van der Waals surface area contributed by atoms with Gasteiger partial charge in [0.1, 0.15) is 6.54 Å². The molecule has 1 aromatic carbocycles. The molecule has 3 heterocycles. The van der Waals surface area contributed by atoms with Gasteiger partial charge in [-0.1, -0.05) is 18.2 Å². The van der Waals surface area contributed by atoms with Crippen LogP contribution in [0.2, 0.25) is 0 Å². The molecule has 6 nitrogen and oxygen atoms in total. The third-order valence-corrected chi connectivity index (χ3v) is 5.68. The fraction of sp³-hybridized carbons (Fsp3) is 0.292. The van der Waals surface area contributed by atoms with E-state index < -0.39 is 0 Å². The maximum Gasteiger partial charge on any atom is 0.246 e. The Morgan fingerprint density at radius 1 is 1.17 bits per heavy atom. The molecule has 2 aromatic heterocycles. The van der Waals surface area contributed by atoms with Crippen LogP contribution in [0.3, 0.4) is 0 Å². The monoisotopic (exact) mass is 400 g/mol. The number of aryl methyl sites for hydroxylation is 1. The van der Waals surface area contributed by atoms with Gasteiger partial charge in [0.15, 0.2) is 0 Å². The van der Waals surface area contributed by atoms with Crippen molar-refractivity contribution >= 4 is 22.9 Å². The van der Waals surface area contributed by atoms with Gasteiger partial charge in [0.25, 0.3) is 0 Å². The molecule has 0 spiro atoms. The van der Waals surface area contributed by atoms with Gasteiger partial charge in [-0.05, 0) is 24.3 Å². The van der Waals surface area contributed by atoms with E-state index >= 15 is 0 Å². The van der Waals surface area contributed by atoms with Gasteiger partial charge in [0.2, 0.25) is 5.91 Å². The number of nitrogens with zero attached hydrogens (tertiary/aromatic N) is 4. The van der Waals surface area contributed by atoms with Gasteiger partial charge in [-0.3, -0.25) is 9.78 Å². The third-order valence-electron chi connectivity index (χ3n) is 5.68. The summed E-state index contributed by atoms with van der Waals surface area (Å²) in [6.45, 7) is 5.08. The molecule has 1 amide bonds. The summed E-state index contributed by atoms with van der Waals surface area (Å²) in [5.41, 5.74) is 3.39. The van der Waals surface area contributed by atoms with Crippen LogP contribution >= 0.6 is 0 Å². The number of hydrogen-bond donors (Lipinski definition) is 1. The van der Waals surface area contributed by atoms with E-state index in [1.807, 2.05) is 41.7 Å². The molecule has 0 saturated carbocycles. The molecule has 0 aliphatic carbocycles. The Labute approximate surface area is 176 Å². The Bertz CT molecular complexity index is 1070. The van der Waals surface area contributed by atoms with Crippen molar-refractivity contribution in [2.45, 2.75) is 19.5 Å². The molecule has 0 atom stereocenters. The van der Waals surface area contributed by atoms with Crippen molar-refractivity contribution in [1.29, 1.82) is 5.26 Å². The van der Waals surface area contributed by atoms with E-state index in [4.69, 9.17) is 5.26 Å². The molecule has 1 N–H and O–H groups in total. The first-order valence-corrected chi connectivity index (χ1v) is 10.4. The van der Waals surface area contributed by atoms with E-state index in [-0.39, 0.29) is 5.91 Å². The maximum atomic E-state index is 12.7. The van der Waals surface area contributed by atoms with Crippen molar-refractivity contribution in [2.75, 3.05) is 26.2 Å². The summed E-state index contributed by atoms with van der Waals surface area (Å²) in [4.78, 5) is 20.2. The van der Waals surface area contributed by atoms with E-state index in [1.165, 1.54) is 10.5 Å². The summed E-state index contributed by atoms with van der Waals surface area (Å²) in [7, 11) is 0. The highest BCUT2D eigenvalue weighted by Gasteiger charge is 2.22. The number of quaternary nitrogens is 1. The molecule has 6 heteroatoms. The molecule has 1 saturated heterocycles. The standard InChI is InChI=1S/C24H25N5O/c25-10-3-13-29-19-21(22-4-1-2-5-23(22)29)6-7-24(30)28-16-14-27(15-17-28)18-20-8-11-26-12-9-20/h1-2,4-9,11-12,19H,3,13-18H2/p+1/b7-6+. The molecule has 152 valence electrons. The number of amides is 1. The maximum absolute atomic E-state index is 12.7. The second kappa shape index (κ2) is 9.38. The zero-order valence-electron chi connectivity index (χ0n) is 17.0. The van der Waals surface area contributed by atoms with Crippen LogP contribution in [0.5, 0.6) is 0 Å². The number of benzene rings is 1. The van der Waals surface area contributed by atoms with Gasteiger partial charge in [-0.2, -0.15) is 5.26 Å². The number of pyridine rings is 1. The minimum absolute atomic E-state index is 0.0619. The highest BCUT2D eigenvalue weighted by atomic mass is 16.2. The largest absolute Gasteiger partial charge is 0.346 e. The van der Waals surface area contributed by atoms with Gasteiger partial charge in [0.05, 0.1) is 38.7 Å². The van der Waals surface area contributed by atoms with Gasteiger partial charge in [-0.15, -0.1) is 0 Å². The van der Waals surface area contributed by atoms with Gasteiger partial charge in [0, 0.05) is 53.2 Å². The number of fused-ring (bicyclic) bond motifs is 1. The van der Waals surface area contributed by atoms with E-state index in [0.717, 1.165) is 49.2 Å². The molecule has 1 aliphatic heterocycles. The third kappa shape index (κ3) is 4.58. The topological polar surface area (TPSA) is 66.4 Å². The highest BCUT2D eigenvalue weighted by molar-refractivity contribution is 5.96. The van der Waals surface area contributed by atoms with Crippen molar-refractivity contribution in [2.24, 2.45) is 0 Å². The minimum Gasteiger partial charge on any atom is -0.346 e. The van der Waals surface area contributed by atoms with Gasteiger partial charge in [-0.25, -0.2) is 0 Å². The fourth-order valence-corrected chi connectivity index (χ4v) is 4.04. The molecule has 0 unspecified atom stereocenters. The Morgan fingerprint density at radius 3 is 2.70 bits per heavy atom. The lowest BCUT2D eigenvalue weighted by Gasteiger charge is -2.31. The van der Waals surface area contributed by atoms with Crippen LogP contribution in [0.4, 0.5) is 0 Å². The highest BCUT2D eigenvalue weighted by Crippen LogP contribution is 2.23. The summed E-state index contributed by atoms with van der Waals surface area (Å²) >= 11 is 0. The quantitative estimate of drug-likeness (QED) is 0.643. The van der Waals surface area contributed by atoms with Crippen molar-refractivity contribution in [1.82, 2.24) is 14.5 Å². The second-order valence-electron chi connectivity index (χ2n) is 7.64. The molecule has 0 bridgehead atoms. The van der Waals surface area contributed by atoms with Gasteiger partial charge < -0.3 is 14.4 Å². The summed E-state index contributed by atoms with van der Waals surface area (Å²) in [6, 6.07) is 14.4. The molecule has 1 fully saturated rings. The van der Waals surface area contributed by atoms with Crippen LogP contribution in [-0.4, -0.2) is 46.5 Å². The lowest BCUT2D eigenvalue weighted by Crippen LogP contribution is -3.13. The molecule has 4 rings (SSSR count). The molecule has 3 aromatic rings. The van der Waals surface area contributed by atoms with Crippen LogP contribution in [0, 0.1) is 11.3 Å². The first kappa shape index (κ1) is 19.9. The summed E-state index contributed by atoms with van der Waals surface area (Å²) < 4.78 is 2.09. The summed E-state index contributed by atoms with van der Waals surface area (Å²) in [5, 5.41) is 10.00. The predicted molar refractivity (Wildman–Crippen MR) is 116 cm³/mol. The van der Waals surface area contributed by atoms with Crippen LogP contribution < -0.4 is 4.90 Å². The van der Waals surface area contributed by atoms with E-state index in [9.17, 15) is 4.79 Å². The number of rotatable bonds is 6. The zero-order valence-corrected chi connectivity index (χ0v) is 17.0. The van der Waals surface area contributed by atoms with E-state index in [1.54, 1.807) is 6.08 Å². The Morgan fingerprint density at radius 2 is 1.93 bits per heavy atom. The van der Waals surface area contributed by atoms with Gasteiger partial charge >= 0.3 is 0 Å². The van der Waals surface area contributed by atoms with E-state index in [0.29, 0.717) is 13.0 Å². The lowest BCUT2D eigenvalue weighted by atomic mass is 10.1. The number of piperazine rings is 1. The SMILES string of the molecule is N#CCCn1cc(/C=C/C(=O)N2CC[NH+](Cc3ccncc3)CC2)c2ccccc21. The molecule has 30 heavy (non-hydrogen) atoms. The number of para-hydroxylation sites is 1. The lowest BCUT2D eigenvalue weighted by molar-refractivity contribution is -0.917. The minimum atomic E-state index is 0.0619. The first-order valence-electron chi connectivity index (χ1n) is 10.4. The number of carbonyl (C=O) groups excluding carboxylic acids is 1. The average Bonchev–Trinajstić information content (AvgIpc) is 3.15. The molecule has 0 radical (unpaired) electrons. The van der Waals surface area contributed by atoms with Crippen molar-refractivity contribution in [3.05, 3.63) is 72.2 Å². The number of hydrogen-bond acceptors (Lipinski definition) is 3. The smallest absolute Gasteiger partial charge is 0.246 e. The zero-order chi connectivity index (χ0) is 20.8. The number of aromatic nitrogens is 2. The van der Waals surface area contributed by atoms with Crippen LogP contribution in [0.25, 0.3) is 17.0 Å². The van der Waals surface area contributed by atoms with Crippen LogP contribution in [0.1, 0.15) is 17.5 Å². The van der Waals surface area contributed by atoms with Crippen molar-refractivity contribution < 1.29 is 9.69 Å². The Kier molecular flexibility index (Phi) is 6.21. The Balaban J connectivity index is 1.38. The molecular weight excluding hydrogens is 374 g/mol. The first-order chi connectivity index (χ1) is 14.7. The number of carbonyl (C=O) groups is 1. The average molecular weight is 401 g/mol. The van der Waals surface area contributed by atoms with Crippen LogP contribution in [-0.2, 0) is 17.9 Å². The van der Waals surface area contributed by atoms with Crippen molar-refractivity contribution in [3.63, 3.8) is 0 Å². The normalized spacial score (nSPS) is 15.0. The number of nitriles is 1. The summed E-state index contributed by atoms with van der Waals surface area (Å²) in [6.07, 6.45) is 9.75. The second-order valence-corrected chi connectivity index (χ2v) is 7.64. The molecular formula is C24H26N5O+.